The van der Waals surface area contributed by atoms with Crippen LogP contribution >= 0.6 is 0 Å². The van der Waals surface area contributed by atoms with Gasteiger partial charge in [-0.1, -0.05) is 30.3 Å². The molecule has 0 aliphatic carbocycles. The van der Waals surface area contributed by atoms with Gasteiger partial charge in [-0.3, -0.25) is 4.84 Å². The molecule has 0 unspecified atom stereocenters. The summed E-state index contributed by atoms with van der Waals surface area (Å²) in [5.74, 6) is 0. The zero-order chi connectivity index (χ0) is 10.9. The highest BCUT2D eigenvalue weighted by Crippen LogP contribution is 2.37. The topological polar surface area (TPSA) is 29.5 Å². The van der Waals surface area contributed by atoms with Crippen LogP contribution in [0.3, 0.4) is 0 Å². The fourth-order valence-electron chi connectivity index (χ4n) is 2.18. The Morgan fingerprint density at radius 3 is 2.60 bits per heavy atom. The Labute approximate surface area is 89.6 Å². The summed E-state index contributed by atoms with van der Waals surface area (Å²) in [5, 5.41) is 1.67. The highest BCUT2D eigenvalue weighted by Gasteiger charge is 2.45. The zero-order valence-corrected chi connectivity index (χ0v) is 9.01. The average molecular weight is 205 g/mol. The van der Waals surface area contributed by atoms with Gasteiger partial charge in [-0.05, 0) is 12.5 Å². The smallest absolute Gasteiger partial charge is 0.147 e. The van der Waals surface area contributed by atoms with E-state index in [4.69, 9.17) is 4.84 Å². The van der Waals surface area contributed by atoms with Crippen LogP contribution in [0.15, 0.2) is 30.3 Å². The minimum atomic E-state index is -0.610. The molecule has 0 amide bonds. The molecule has 2 rings (SSSR count). The lowest BCUT2D eigenvalue weighted by Gasteiger charge is -2.28. The molecule has 3 heteroatoms. The van der Waals surface area contributed by atoms with E-state index in [9.17, 15) is 4.79 Å². The summed E-state index contributed by atoms with van der Waals surface area (Å²) in [6, 6.07) is 9.76. The molecule has 1 aromatic carbocycles. The molecule has 0 bridgehead atoms. The lowest BCUT2D eigenvalue weighted by atomic mass is 9.87. The fraction of sp³-hybridized carbons (Fsp3) is 0.417. The maximum Gasteiger partial charge on any atom is 0.147 e. The summed E-state index contributed by atoms with van der Waals surface area (Å²) in [7, 11) is 1.81. The average Bonchev–Trinajstić information content (AvgIpc) is 2.56. The molecule has 0 radical (unpaired) electrons. The standard InChI is InChI=1S/C12H15NO2/c1-10-8-12(9-14,13(2)15-10)11-6-4-3-5-7-11/h3-7,9-10H,8H2,1-2H3/t10-,12+/m1/s1. The van der Waals surface area contributed by atoms with Gasteiger partial charge in [0.1, 0.15) is 11.8 Å². The van der Waals surface area contributed by atoms with Crippen molar-refractivity contribution < 1.29 is 9.63 Å². The van der Waals surface area contributed by atoms with Crippen LogP contribution in [-0.4, -0.2) is 24.5 Å². The summed E-state index contributed by atoms with van der Waals surface area (Å²) in [5.41, 5.74) is 0.382. The van der Waals surface area contributed by atoms with E-state index in [1.807, 2.05) is 44.3 Å². The Morgan fingerprint density at radius 1 is 1.47 bits per heavy atom. The molecule has 80 valence electrons. The summed E-state index contributed by atoms with van der Waals surface area (Å²) in [4.78, 5) is 16.9. The first kappa shape index (κ1) is 10.3. The largest absolute Gasteiger partial charge is 0.301 e. The maximum absolute atomic E-state index is 11.4. The summed E-state index contributed by atoms with van der Waals surface area (Å²) >= 11 is 0. The number of benzene rings is 1. The maximum atomic E-state index is 11.4. The van der Waals surface area contributed by atoms with Gasteiger partial charge in [-0.25, -0.2) is 0 Å². The highest BCUT2D eigenvalue weighted by molar-refractivity contribution is 5.68. The third-order valence-electron chi connectivity index (χ3n) is 2.97. The molecule has 0 N–H and O–H groups in total. The van der Waals surface area contributed by atoms with Gasteiger partial charge in [0.05, 0.1) is 6.10 Å². The third-order valence-corrected chi connectivity index (χ3v) is 2.97. The normalized spacial score (nSPS) is 31.7. The number of aldehydes is 1. The van der Waals surface area contributed by atoms with Gasteiger partial charge in [0.25, 0.3) is 0 Å². The van der Waals surface area contributed by atoms with Crippen molar-refractivity contribution in [2.45, 2.75) is 25.0 Å². The van der Waals surface area contributed by atoms with Crippen molar-refractivity contribution in [1.82, 2.24) is 5.06 Å². The molecule has 1 aliphatic heterocycles. The van der Waals surface area contributed by atoms with Crippen LogP contribution in [-0.2, 0) is 15.2 Å². The molecular formula is C12H15NO2. The third kappa shape index (κ3) is 1.58. The second-order valence-corrected chi connectivity index (χ2v) is 4.03. The predicted octanol–water partition coefficient (Wildman–Crippen LogP) is 1.74. The summed E-state index contributed by atoms with van der Waals surface area (Å²) in [6.07, 6.45) is 1.77. The monoisotopic (exact) mass is 205 g/mol. The summed E-state index contributed by atoms with van der Waals surface area (Å²) in [6.45, 7) is 1.98. The van der Waals surface area contributed by atoms with Crippen molar-refractivity contribution in [2.75, 3.05) is 7.05 Å². The number of carbonyl (C=O) groups excluding carboxylic acids is 1. The molecule has 1 aromatic rings. The Kier molecular flexibility index (Phi) is 2.59. The number of hydroxylamine groups is 2. The number of hydrogen-bond acceptors (Lipinski definition) is 3. The Morgan fingerprint density at radius 2 is 2.13 bits per heavy atom. The molecule has 15 heavy (non-hydrogen) atoms. The highest BCUT2D eigenvalue weighted by atomic mass is 16.7. The molecule has 0 spiro atoms. The molecule has 1 saturated heterocycles. The lowest BCUT2D eigenvalue weighted by molar-refractivity contribution is -0.169. The molecule has 0 saturated carbocycles. The quantitative estimate of drug-likeness (QED) is 0.689. The number of nitrogens with zero attached hydrogens (tertiary/aromatic N) is 1. The van der Waals surface area contributed by atoms with Crippen molar-refractivity contribution in [3.8, 4) is 0 Å². The SMILES string of the molecule is C[C@@H]1C[C@](C=O)(c2ccccc2)N(C)O1. The van der Waals surface area contributed by atoms with Crippen LogP contribution in [0.1, 0.15) is 18.9 Å². The van der Waals surface area contributed by atoms with E-state index in [0.717, 1.165) is 11.8 Å². The van der Waals surface area contributed by atoms with E-state index < -0.39 is 5.54 Å². The van der Waals surface area contributed by atoms with E-state index in [0.29, 0.717) is 6.42 Å². The molecule has 1 fully saturated rings. The second kappa shape index (κ2) is 3.76. The van der Waals surface area contributed by atoms with Crippen molar-refractivity contribution in [3.05, 3.63) is 35.9 Å². The van der Waals surface area contributed by atoms with Crippen molar-refractivity contribution >= 4 is 6.29 Å². The molecular weight excluding hydrogens is 190 g/mol. The van der Waals surface area contributed by atoms with Gasteiger partial charge in [-0.15, -0.1) is 0 Å². The van der Waals surface area contributed by atoms with Gasteiger partial charge in [0, 0.05) is 13.5 Å². The van der Waals surface area contributed by atoms with E-state index in [-0.39, 0.29) is 6.10 Å². The lowest BCUT2D eigenvalue weighted by Crippen LogP contribution is -2.39. The minimum Gasteiger partial charge on any atom is -0.301 e. The number of rotatable bonds is 2. The molecule has 0 aromatic heterocycles. The fourth-order valence-corrected chi connectivity index (χ4v) is 2.18. The number of hydrogen-bond donors (Lipinski definition) is 0. The van der Waals surface area contributed by atoms with Crippen LogP contribution in [0, 0.1) is 0 Å². The van der Waals surface area contributed by atoms with Gasteiger partial charge in [-0.2, -0.15) is 5.06 Å². The zero-order valence-electron chi connectivity index (χ0n) is 9.01. The van der Waals surface area contributed by atoms with E-state index in [1.165, 1.54) is 0 Å². The predicted molar refractivity (Wildman–Crippen MR) is 57.1 cm³/mol. The Bertz CT molecular complexity index is 352. The first-order valence-corrected chi connectivity index (χ1v) is 5.11. The Balaban J connectivity index is 2.42. The van der Waals surface area contributed by atoms with Crippen molar-refractivity contribution in [2.24, 2.45) is 0 Å². The van der Waals surface area contributed by atoms with Crippen molar-refractivity contribution in [1.29, 1.82) is 0 Å². The van der Waals surface area contributed by atoms with Crippen LogP contribution in [0.2, 0.25) is 0 Å². The Hall–Kier alpha value is -1.19. The molecule has 2 atom stereocenters. The number of likely N-dealkylation sites (N-methyl/N-ethyl adjacent to an activating group) is 1. The number of carbonyl (C=O) groups is 1. The van der Waals surface area contributed by atoms with Crippen LogP contribution < -0.4 is 0 Å². The second-order valence-electron chi connectivity index (χ2n) is 4.03. The van der Waals surface area contributed by atoms with Gasteiger partial charge in [0.2, 0.25) is 0 Å². The van der Waals surface area contributed by atoms with Crippen molar-refractivity contribution in [3.63, 3.8) is 0 Å². The van der Waals surface area contributed by atoms with E-state index >= 15 is 0 Å². The van der Waals surface area contributed by atoms with Crippen LogP contribution in [0.5, 0.6) is 0 Å². The molecule has 3 nitrogen and oxygen atoms in total. The van der Waals surface area contributed by atoms with Crippen LogP contribution in [0.25, 0.3) is 0 Å². The van der Waals surface area contributed by atoms with Gasteiger partial charge >= 0.3 is 0 Å². The summed E-state index contributed by atoms with van der Waals surface area (Å²) < 4.78 is 0. The van der Waals surface area contributed by atoms with Gasteiger partial charge in [0.15, 0.2) is 0 Å². The van der Waals surface area contributed by atoms with Crippen LogP contribution in [0.4, 0.5) is 0 Å². The van der Waals surface area contributed by atoms with E-state index in [1.54, 1.807) is 5.06 Å². The molecule has 1 heterocycles. The van der Waals surface area contributed by atoms with Gasteiger partial charge < -0.3 is 4.79 Å². The minimum absolute atomic E-state index is 0.0837. The first-order chi connectivity index (χ1) is 7.19. The first-order valence-electron chi connectivity index (χ1n) is 5.11. The molecule has 1 aliphatic rings. The van der Waals surface area contributed by atoms with E-state index in [2.05, 4.69) is 0 Å².